The zero-order chi connectivity index (χ0) is 13.7. The number of fused-ring (bicyclic) bond motifs is 1. The van der Waals surface area contributed by atoms with Gasteiger partial charge in [-0.15, -0.1) is 0 Å². The van der Waals surface area contributed by atoms with Crippen LogP contribution < -0.4 is 15.2 Å². The van der Waals surface area contributed by atoms with E-state index in [1.165, 1.54) is 0 Å². The third-order valence-corrected chi connectivity index (χ3v) is 2.91. The quantitative estimate of drug-likeness (QED) is 0.797. The Morgan fingerprint density at radius 3 is 2.37 bits per heavy atom. The fourth-order valence-corrected chi connectivity index (χ4v) is 2.01. The van der Waals surface area contributed by atoms with Gasteiger partial charge < -0.3 is 24.7 Å². The van der Waals surface area contributed by atoms with E-state index in [1.807, 2.05) is 32.0 Å². The minimum atomic E-state index is -0.447. The van der Waals surface area contributed by atoms with Crippen molar-refractivity contribution in [1.29, 1.82) is 0 Å². The van der Waals surface area contributed by atoms with Gasteiger partial charge in [0.2, 0.25) is 0 Å². The summed E-state index contributed by atoms with van der Waals surface area (Å²) in [5, 5.41) is 0. The first-order chi connectivity index (χ1) is 9.26. The van der Waals surface area contributed by atoms with Crippen molar-refractivity contribution in [3.8, 4) is 11.5 Å². The summed E-state index contributed by atoms with van der Waals surface area (Å²) in [6.45, 7) is 6.10. The molecule has 1 aromatic carbocycles. The Labute approximate surface area is 113 Å². The lowest BCUT2D eigenvalue weighted by molar-refractivity contribution is -0.149. The smallest absolute Gasteiger partial charge is 0.176 e. The van der Waals surface area contributed by atoms with Crippen molar-refractivity contribution in [2.24, 2.45) is 5.73 Å². The molecule has 1 atom stereocenters. The first-order valence-corrected chi connectivity index (χ1v) is 6.64. The summed E-state index contributed by atoms with van der Waals surface area (Å²) in [6, 6.07) is 5.34. The first kappa shape index (κ1) is 14.1. The van der Waals surface area contributed by atoms with Crippen LogP contribution in [-0.4, -0.2) is 32.7 Å². The molecule has 0 aliphatic carbocycles. The molecule has 1 aliphatic heterocycles. The minimum absolute atomic E-state index is 0.351. The number of rotatable bonds is 6. The van der Waals surface area contributed by atoms with E-state index in [1.54, 1.807) is 0 Å². The maximum Gasteiger partial charge on any atom is 0.176 e. The molecule has 0 aromatic heterocycles. The van der Waals surface area contributed by atoms with Crippen LogP contribution in [0.2, 0.25) is 0 Å². The highest BCUT2D eigenvalue weighted by Crippen LogP contribution is 2.33. The maximum absolute atomic E-state index is 6.20. The van der Waals surface area contributed by atoms with Crippen molar-refractivity contribution in [3.05, 3.63) is 23.8 Å². The van der Waals surface area contributed by atoms with Crippen molar-refractivity contribution in [3.63, 3.8) is 0 Å². The Hall–Kier alpha value is -1.30. The largest absolute Gasteiger partial charge is 0.486 e. The molecule has 0 radical (unpaired) electrons. The molecule has 0 saturated heterocycles. The average Bonchev–Trinajstić information content (AvgIpc) is 2.46. The van der Waals surface area contributed by atoms with E-state index < -0.39 is 6.29 Å². The number of nitrogens with two attached hydrogens (primary N) is 1. The van der Waals surface area contributed by atoms with Gasteiger partial charge in [-0.05, 0) is 31.5 Å². The fraction of sp³-hybridized carbons (Fsp3) is 0.571. The maximum atomic E-state index is 6.20. The lowest BCUT2D eigenvalue weighted by Gasteiger charge is -2.25. The Morgan fingerprint density at radius 2 is 1.74 bits per heavy atom. The van der Waals surface area contributed by atoms with Gasteiger partial charge in [0.1, 0.15) is 13.2 Å². The molecule has 0 bridgehead atoms. The third-order valence-electron chi connectivity index (χ3n) is 2.91. The Balaban J connectivity index is 2.15. The van der Waals surface area contributed by atoms with E-state index in [-0.39, 0.29) is 6.04 Å². The van der Waals surface area contributed by atoms with Gasteiger partial charge in [-0.2, -0.15) is 0 Å². The van der Waals surface area contributed by atoms with Crippen LogP contribution in [0, 0.1) is 0 Å². The van der Waals surface area contributed by atoms with Crippen LogP contribution in [0.15, 0.2) is 18.2 Å². The zero-order valence-corrected chi connectivity index (χ0v) is 11.4. The summed E-state index contributed by atoms with van der Waals surface area (Å²) in [5.41, 5.74) is 7.11. The first-order valence-electron chi connectivity index (χ1n) is 6.64. The SMILES string of the molecule is CCOC(OCC)C(N)c1ccc2c(c1)OCCO2. The van der Waals surface area contributed by atoms with Crippen LogP contribution in [0.4, 0.5) is 0 Å². The molecular formula is C14H21NO4. The summed E-state index contributed by atoms with van der Waals surface area (Å²) in [5.74, 6) is 1.48. The normalized spacial score (nSPS) is 15.6. The van der Waals surface area contributed by atoms with Gasteiger partial charge >= 0.3 is 0 Å². The van der Waals surface area contributed by atoms with Crippen molar-refractivity contribution in [1.82, 2.24) is 0 Å². The van der Waals surface area contributed by atoms with E-state index in [4.69, 9.17) is 24.7 Å². The lowest BCUT2D eigenvalue weighted by Crippen LogP contribution is -2.31. The molecule has 0 saturated carbocycles. The van der Waals surface area contributed by atoms with Gasteiger partial charge in [0.15, 0.2) is 17.8 Å². The highest BCUT2D eigenvalue weighted by molar-refractivity contribution is 5.44. The molecule has 2 rings (SSSR count). The van der Waals surface area contributed by atoms with Gasteiger partial charge in [0, 0.05) is 13.2 Å². The van der Waals surface area contributed by atoms with Crippen LogP contribution in [0.25, 0.3) is 0 Å². The van der Waals surface area contributed by atoms with E-state index in [9.17, 15) is 0 Å². The van der Waals surface area contributed by atoms with E-state index >= 15 is 0 Å². The van der Waals surface area contributed by atoms with E-state index in [0.717, 1.165) is 17.1 Å². The molecular weight excluding hydrogens is 246 g/mol. The van der Waals surface area contributed by atoms with E-state index in [2.05, 4.69) is 0 Å². The summed E-state index contributed by atoms with van der Waals surface area (Å²) in [4.78, 5) is 0. The van der Waals surface area contributed by atoms with Gasteiger partial charge in [-0.1, -0.05) is 6.07 Å². The molecule has 2 N–H and O–H groups in total. The second-order valence-electron chi connectivity index (χ2n) is 4.21. The van der Waals surface area contributed by atoms with Gasteiger partial charge in [-0.25, -0.2) is 0 Å². The third kappa shape index (κ3) is 3.37. The molecule has 0 amide bonds. The fourth-order valence-electron chi connectivity index (χ4n) is 2.01. The highest BCUT2D eigenvalue weighted by atomic mass is 16.7. The summed E-state index contributed by atoms with van der Waals surface area (Å²) in [6.07, 6.45) is -0.447. The summed E-state index contributed by atoms with van der Waals surface area (Å²) < 4.78 is 22.1. The van der Waals surface area contributed by atoms with Crippen molar-refractivity contribution < 1.29 is 18.9 Å². The molecule has 0 fully saturated rings. The molecule has 1 unspecified atom stereocenters. The predicted molar refractivity (Wildman–Crippen MR) is 71.4 cm³/mol. The highest BCUT2D eigenvalue weighted by Gasteiger charge is 2.22. The molecule has 1 heterocycles. The summed E-state index contributed by atoms with van der Waals surface area (Å²) in [7, 11) is 0. The van der Waals surface area contributed by atoms with Crippen molar-refractivity contribution >= 4 is 0 Å². The number of hydrogen-bond donors (Lipinski definition) is 1. The van der Waals surface area contributed by atoms with Gasteiger partial charge in [0.25, 0.3) is 0 Å². The zero-order valence-electron chi connectivity index (χ0n) is 11.4. The Morgan fingerprint density at radius 1 is 1.11 bits per heavy atom. The van der Waals surface area contributed by atoms with E-state index in [0.29, 0.717) is 26.4 Å². The average molecular weight is 267 g/mol. The topological polar surface area (TPSA) is 62.9 Å². The lowest BCUT2D eigenvalue weighted by atomic mass is 10.1. The van der Waals surface area contributed by atoms with Crippen molar-refractivity contribution in [2.75, 3.05) is 26.4 Å². The van der Waals surface area contributed by atoms with Gasteiger partial charge in [0.05, 0.1) is 6.04 Å². The Kier molecular flexibility index (Phi) is 5.01. The number of hydrogen-bond acceptors (Lipinski definition) is 5. The standard InChI is InChI=1S/C14H21NO4/c1-3-16-14(17-4-2)13(15)10-5-6-11-12(9-10)19-8-7-18-11/h5-6,9,13-14H,3-4,7-8,15H2,1-2H3. The molecule has 1 aromatic rings. The van der Waals surface area contributed by atoms with Crippen LogP contribution in [0.1, 0.15) is 25.5 Å². The molecule has 5 heteroatoms. The van der Waals surface area contributed by atoms with Crippen LogP contribution in [0.3, 0.4) is 0 Å². The van der Waals surface area contributed by atoms with Crippen LogP contribution in [-0.2, 0) is 9.47 Å². The van der Waals surface area contributed by atoms with Crippen LogP contribution >= 0.6 is 0 Å². The Bertz CT molecular complexity index is 404. The number of ether oxygens (including phenoxy) is 4. The van der Waals surface area contributed by atoms with Gasteiger partial charge in [-0.3, -0.25) is 0 Å². The summed E-state index contributed by atoms with van der Waals surface area (Å²) >= 11 is 0. The molecule has 0 spiro atoms. The second-order valence-corrected chi connectivity index (χ2v) is 4.21. The molecule has 1 aliphatic rings. The number of benzene rings is 1. The second kappa shape index (κ2) is 6.75. The van der Waals surface area contributed by atoms with Crippen molar-refractivity contribution in [2.45, 2.75) is 26.2 Å². The molecule has 5 nitrogen and oxygen atoms in total. The van der Waals surface area contributed by atoms with Crippen LogP contribution in [0.5, 0.6) is 11.5 Å². The molecule has 19 heavy (non-hydrogen) atoms. The predicted octanol–water partition coefficient (Wildman–Crippen LogP) is 1.86. The monoisotopic (exact) mass is 267 g/mol. The molecule has 106 valence electrons. The minimum Gasteiger partial charge on any atom is -0.486 e.